The van der Waals surface area contributed by atoms with Gasteiger partial charge in [0.2, 0.25) is 0 Å². The summed E-state index contributed by atoms with van der Waals surface area (Å²) in [7, 11) is -0.750. The number of nitrogens with zero attached hydrogens (tertiary/aromatic N) is 2. The number of aromatic amines is 1. The average Bonchev–Trinajstić information content (AvgIpc) is 2.52. The lowest BCUT2D eigenvalue weighted by molar-refractivity contribution is 0.448. The number of nitrogens with one attached hydrogen (secondary N) is 1. The predicted molar refractivity (Wildman–Crippen MR) is 45.5 cm³/mol. The quantitative estimate of drug-likeness (QED) is 0.446. The lowest BCUT2D eigenvalue weighted by Gasteiger charge is -1.80. The SMILES string of the molecule is OBO.c1cnc2nc[nH]c2c1. The van der Waals surface area contributed by atoms with Gasteiger partial charge in [0.25, 0.3) is 0 Å². The monoisotopic (exact) mass is 165 g/mol. The van der Waals surface area contributed by atoms with Gasteiger partial charge in [0, 0.05) is 6.20 Å². The average molecular weight is 165 g/mol. The Hall–Kier alpha value is -1.40. The molecule has 2 aromatic heterocycles. The highest BCUT2D eigenvalue weighted by atomic mass is 16.4. The van der Waals surface area contributed by atoms with Gasteiger partial charge in [0.15, 0.2) is 5.65 Å². The van der Waals surface area contributed by atoms with Crippen LogP contribution in [0.4, 0.5) is 0 Å². The Balaban J connectivity index is 0.000000213. The molecule has 0 atom stereocenters. The summed E-state index contributed by atoms with van der Waals surface area (Å²) in [4.78, 5) is 10.9. The number of hydrogen-bond donors (Lipinski definition) is 3. The number of imidazole rings is 1. The number of pyridine rings is 1. The number of aromatic nitrogens is 3. The minimum absolute atomic E-state index is 0.750. The van der Waals surface area contributed by atoms with E-state index in [4.69, 9.17) is 10.0 Å². The molecule has 2 aromatic rings. The molecule has 2 heterocycles. The van der Waals surface area contributed by atoms with Crippen LogP contribution >= 0.6 is 0 Å². The minimum atomic E-state index is -0.750. The van der Waals surface area contributed by atoms with E-state index in [1.807, 2.05) is 12.1 Å². The van der Waals surface area contributed by atoms with Crippen molar-refractivity contribution in [1.29, 1.82) is 0 Å². The first-order valence-corrected chi connectivity index (χ1v) is 3.34. The zero-order chi connectivity index (χ0) is 8.81. The second-order valence-electron chi connectivity index (χ2n) is 1.92. The number of fused-ring (bicyclic) bond motifs is 1. The number of rotatable bonds is 0. The highest BCUT2D eigenvalue weighted by Gasteiger charge is 1.90. The zero-order valence-electron chi connectivity index (χ0n) is 6.31. The summed E-state index contributed by atoms with van der Waals surface area (Å²) < 4.78 is 0. The largest absolute Gasteiger partial charge is 0.432 e. The Morgan fingerprint density at radius 1 is 1.33 bits per heavy atom. The van der Waals surface area contributed by atoms with E-state index in [9.17, 15) is 0 Å². The third kappa shape index (κ3) is 2.04. The van der Waals surface area contributed by atoms with Crippen molar-refractivity contribution in [2.75, 3.05) is 0 Å². The van der Waals surface area contributed by atoms with Gasteiger partial charge in [0.05, 0.1) is 11.8 Å². The summed E-state index contributed by atoms with van der Waals surface area (Å²) in [5, 5.41) is 14.2. The van der Waals surface area contributed by atoms with Crippen molar-refractivity contribution in [2.24, 2.45) is 0 Å². The van der Waals surface area contributed by atoms with E-state index < -0.39 is 7.69 Å². The van der Waals surface area contributed by atoms with Crippen LogP contribution in [0.3, 0.4) is 0 Å². The second-order valence-corrected chi connectivity index (χ2v) is 1.92. The van der Waals surface area contributed by atoms with Crippen molar-refractivity contribution in [2.45, 2.75) is 0 Å². The minimum Gasteiger partial charge on any atom is -0.430 e. The van der Waals surface area contributed by atoms with Gasteiger partial charge in [-0.2, -0.15) is 0 Å². The molecule has 2 rings (SSSR count). The molecule has 0 aliphatic heterocycles. The highest BCUT2D eigenvalue weighted by molar-refractivity contribution is 6.13. The topological polar surface area (TPSA) is 82.0 Å². The van der Waals surface area contributed by atoms with Crippen molar-refractivity contribution >= 4 is 18.8 Å². The van der Waals surface area contributed by atoms with Gasteiger partial charge in [-0.05, 0) is 12.1 Å². The van der Waals surface area contributed by atoms with Crippen molar-refractivity contribution in [1.82, 2.24) is 15.0 Å². The summed E-state index contributed by atoms with van der Waals surface area (Å²) >= 11 is 0. The van der Waals surface area contributed by atoms with Crippen LogP contribution in [0.25, 0.3) is 11.2 Å². The van der Waals surface area contributed by atoms with E-state index in [0.29, 0.717) is 0 Å². The van der Waals surface area contributed by atoms with Crippen molar-refractivity contribution in [3.8, 4) is 0 Å². The molecule has 0 unspecified atom stereocenters. The van der Waals surface area contributed by atoms with Crippen molar-refractivity contribution < 1.29 is 10.0 Å². The predicted octanol–water partition coefficient (Wildman–Crippen LogP) is -0.805. The van der Waals surface area contributed by atoms with Gasteiger partial charge in [-0.1, -0.05) is 0 Å². The lowest BCUT2D eigenvalue weighted by atomic mass is 10.4. The van der Waals surface area contributed by atoms with Crippen LogP contribution in [-0.2, 0) is 0 Å². The van der Waals surface area contributed by atoms with Crippen LogP contribution in [0.2, 0.25) is 0 Å². The van der Waals surface area contributed by atoms with E-state index in [0.717, 1.165) is 11.2 Å². The summed E-state index contributed by atoms with van der Waals surface area (Å²) in [5.41, 5.74) is 1.76. The number of hydrogen-bond acceptors (Lipinski definition) is 4. The lowest BCUT2D eigenvalue weighted by Crippen LogP contribution is -1.75. The molecule has 0 saturated carbocycles. The molecule has 0 radical (unpaired) electrons. The fraction of sp³-hybridized carbons (Fsp3) is 0. The van der Waals surface area contributed by atoms with E-state index in [1.54, 1.807) is 12.5 Å². The van der Waals surface area contributed by atoms with Crippen LogP contribution in [0.15, 0.2) is 24.7 Å². The van der Waals surface area contributed by atoms with Crippen LogP contribution in [-0.4, -0.2) is 32.7 Å². The van der Waals surface area contributed by atoms with Crippen LogP contribution in [0.1, 0.15) is 0 Å². The van der Waals surface area contributed by atoms with Crippen LogP contribution < -0.4 is 0 Å². The molecule has 0 aliphatic carbocycles. The second kappa shape index (κ2) is 4.48. The van der Waals surface area contributed by atoms with Gasteiger partial charge in [0.1, 0.15) is 0 Å². The maximum absolute atomic E-state index is 7.12. The molecule has 12 heavy (non-hydrogen) atoms. The van der Waals surface area contributed by atoms with Gasteiger partial charge in [-0.25, -0.2) is 9.97 Å². The Morgan fingerprint density at radius 3 is 2.75 bits per heavy atom. The van der Waals surface area contributed by atoms with Crippen LogP contribution in [0.5, 0.6) is 0 Å². The summed E-state index contributed by atoms with van der Waals surface area (Å²) in [6.45, 7) is 0. The molecule has 0 saturated heterocycles. The first kappa shape index (κ1) is 8.70. The van der Waals surface area contributed by atoms with E-state index in [1.165, 1.54) is 0 Å². The fourth-order valence-corrected chi connectivity index (χ4v) is 0.775. The number of H-pyrrole nitrogens is 1. The van der Waals surface area contributed by atoms with Crippen LogP contribution in [0, 0.1) is 0 Å². The normalized spacial score (nSPS) is 8.83. The molecule has 0 aromatic carbocycles. The Morgan fingerprint density at radius 2 is 2.08 bits per heavy atom. The molecule has 3 N–H and O–H groups in total. The zero-order valence-corrected chi connectivity index (χ0v) is 6.31. The molecular formula is C6H8BN3O2. The third-order valence-electron chi connectivity index (χ3n) is 1.19. The smallest absolute Gasteiger partial charge is 0.430 e. The molecule has 0 bridgehead atoms. The van der Waals surface area contributed by atoms with Crippen molar-refractivity contribution in [3.05, 3.63) is 24.7 Å². The molecule has 6 heteroatoms. The molecule has 0 amide bonds. The van der Waals surface area contributed by atoms with E-state index >= 15 is 0 Å². The summed E-state index contributed by atoms with van der Waals surface area (Å²) in [6.07, 6.45) is 3.36. The fourth-order valence-electron chi connectivity index (χ4n) is 0.775. The summed E-state index contributed by atoms with van der Waals surface area (Å²) in [5.74, 6) is 0. The third-order valence-corrected chi connectivity index (χ3v) is 1.19. The van der Waals surface area contributed by atoms with Gasteiger partial charge >= 0.3 is 7.69 Å². The first-order valence-electron chi connectivity index (χ1n) is 3.34. The maximum atomic E-state index is 7.12. The Labute approximate surface area is 69.4 Å². The Bertz CT molecular complexity index is 308. The molecular weight excluding hydrogens is 157 g/mol. The van der Waals surface area contributed by atoms with Crippen molar-refractivity contribution in [3.63, 3.8) is 0 Å². The van der Waals surface area contributed by atoms with E-state index in [-0.39, 0.29) is 0 Å². The molecule has 62 valence electrons. The van der Waals surface area contributed by atoms with Gasteiger partial charge < -0.3 is 15.0 Å². The molecule has 0 aliphatic rings. The van der Waals surface area contributed by atoms with Gasteiger partial charge in [-0.15, -0.1) is 0 Å². The highest BCUT2D eigenvalue weighted by Crippen LogP contribution is 2.01. The maximum Gasteiger partial charge on any atom is 0.432 e. The van der Waals surface area contributed by atoms with Gasteiger partial charge in [-0.3, -0.25) is 0 Å². The standard InChI is InChI=1S/C6H5N3.BH3O2/c1-2-5-6(7-3-1)9-4-8-5;2-1-3/h1-4H,(H,7,8,9);1-3H. The molecule has 0 spiro atoms. The molecule has 0 fully saturated rings. The first-order chi connectivity index (χ1) is 5.88. The summed E-state index contributed by atoms with van der Waals surface area (Å²) in [6, 6.07) is 3.82. The Kier molecular flexibility index (Phi) is 3.24. The van der Waals surface area contributed by atoms with E-state index in [2.05, 4.69) is 15.0 Å². The molecule has 5 nitrogen and oxygen atoms in total.